The molecule has 0 aliphatic carbocycles. The van der Waals surface area contributed by atoms with E-state index in [0.717, 1.165) is 21.6 Å². The fourth-order valence-corrected chi connectivity index (χ4v) is 2.29. The van der Waals surface area contributed by atoms with Crippen LogP contribution in [0.2, 0.25) is 10.0 Å². The minimum absolute atomic E-state index is 0.751. The lowest BCUT2D eigenvalue weighted by atomic mass is 10.3. The van der Waals surface area contributed by atoms with Crippen molar-refractivity contribution < 1.29 is 0 Å². The summed E-state index contributed by atoms with van der Waals surface area (Å²) in [6.07, 6.45) is 0. The molecule has 4 heteroatoms. The van der Waals surface area contributed by atoms with E-state index in [1.54, 1.807) is 11.8 Å². The Balaban J connectivity index is 1.83. The van der Waals surface area contributed by atoms with E-state index in [1.165, 1.54) is 4.90 Å². The molecular weight excluding hydrogens is 273 g/mol. The van der Waals surface area contributed by atoms with E-state index < -0.39 is 0 Å². The van der Waals surface area contributed by atoms with Gasteiger partial charge >= 0.3 is 0 Å². The fourth-order valence-electron chi connectivity index (χ4n) is 1.30. The molecule has 2 rings (SSSR count). The second kappa shape index (κ2) is 6.20. The molecule has 0 aromatic heterocycles. The molecule has 88 valence electrons. The first-order valence-corrected chi connectivity index (χ1v) is 6.86. The van der Waals surface area contributed by atoms with Gasteiger partial charge in [-0.1, -0.05) is 23.2 Å². The number of anilines is 1. The van der Waals surface area contributed by atoms with Crippen LogP contribution >= 0.6 is 35.0 Å². The molecule has 2 aromatic carbocycles. The summed E-state index contributed by atoms with van der Waals surface area (Å²) in [6, 6.07) is 15.5. The maximum absolute atomic E-state index is 5.82. The topological polar surface area (TPSA) is 12.0 Å². The first-order chi connectivity index (χ1) is 8.24. The Bertz CT molecular complexity index is 422. The van der Waals surface area contributed by atoms with Crippen molar-refractivity contribution >= 4 is 40.7 Å². The molecule has 0 fully saturated rings. The molecule has 2 aromatic rings. The summed E-state index contributed by atoms with van der Waals surface area (Å²) in [4.78, 5) is 1.19. The van der Waals surface area contributed by atoms with E-state index in [9.17, 15) is 0 Å². The highest BCUT2D eigenvalue weighted by molar-refractivity contribution is 7.99. The van der Waals surface area contributed by atoms with Gasteiger partial charge in [0.2, 0.25) is 0 Å². The van der Waals surface area contributed by atoms with E-state index >= 15 is 0 Å². The van der Waals surface area contributed by atoms with E-state index in [2.05, 4.69) is 5.32 Å². The van der Waals surface area contributed by atoms with Crippen LogP contribution in [0.25, 0.3) is 0 Å². The van der Waals surface area contributed by atoms with Gasteiger partial charge in [0.05, 0.1) is 5.88 Å². The Morgan fingerprint density at radius 2 is 1.35 bits per heavy atom. The fraction of sp³-hybridized carbons (Fsp3) is 0.0769. The minimum Gasteiger partial charge on any atom is -0.376 e. The molecule has 1 nitrogen and oxygen atoms in total. The standard InChI is InChI=1S/C13H11Cl2NS/c14-10-1-5-12(6-2-10)16-9-17-13-7-3-11(15)4-8-13/h1-8,16H,9H2. The number of hydrogen-bond acceptors (Lipinski definition) is 2. The SMILES string of the molecule is Clc1ccc(NCSc2ccc(Cl)cc2)cc1. The summed E-state index contributed by atoms with van der Waals surface area (Å²) >= 11 is 13.4. The van der Waals surface area contributed by atoms with Gasteiger partial charge in [0.1, 0.15) is 0 Å². The normalized spacial score (nSPS) is 10.2. The number of halogens is 2. The number of benzene rings is 2. The zero-order valence-electron chi connectivity index (χ0n) is 8.99. The minimum atomic E-state index is 0.751. The molecule has 0 aliphatic rings. The zero-order valence-corrected chi connectivity index (χ0v) is 11.3. The Morgan fingerprint density at radius 1 is 0.824 bits per heavy atom. The smallest absolute Gasteiger partial charge is 0.0657 e. The van der Waals surface area contributed by atoms with Crippen molar-refractivity contribution in [3.05, 3.63) is 58.6 Å². The van der Waals surface area contributed by atoms with Gasteiger partial charge < -0.3 is 5.32 Å². The van der Waals surface area contributed by atoms with Gasteiger partial charge in [-0.05, 0) is 48.5 Å². The Kier molecular flexibility index (Phi) is 4.60. The van der Waals surface area contributed by atoms with Gasteiger partial charge in [0.25, 0.3) is 0 Å². The lowest BCUT2D eigenvalue weighted by molar-refractivity contribution is 1.41. The number of rotatable bonds is 4. The van der Waals surface area contributed by atoms with Gasteiger partial charge in [0, 0.05) is 20.6 Å². The Morgan fingerprint density at radius 3 is 1.94 bits per heavy atom. The number of nitrogens with one attached hydrogen (secondary N) is 1. The maximum atomic E-state index is 5.82. The van der Waals surface area contributed by atoms with Crippen LogP contribution < -0.4 is 5.32 Å². The average molecular weight is 284 g/mol. The van der Waals surface area contributed by atoms with Crippen molar-refractivity contribution in [3.63, 3.8) is 0 Å². The third-order valence-corrected chi connectivity index (χ3v) is 3.57. The largest absolute Gasteiger partial charge is 0.376 e. The molecule has 0 bridgehead atoms. The molecule has 17 heavy (non-hydrogen) atoms. The molecule has 1 N–H and O–H groups in total. The molecule has 0 radical (unpaired) electrons. The van der Waals surface area contributed by atoms with Crippen LogP contribution in [0.3, 0.4) is 0 Å². The lowest BCUT2D eigenvalue weighted by Crippen LogP contribution is -1.96. The van der Waals surface area contributed by atoms with Crippen LogP contribution in [0.5, 0.6) is 0 Å². The van der Waals surface area contributed by atoms with Crippen LogP contribution in [-0.2, 0) is 0 Å². The molecule has 0 unspecified atom stereocenters. The summed E-state index contributed by atoms with van der Waals surface area (Å²) in [5.41, 5.74) is 1.07. The van der Waals surface area contributed by atoms with Crippen LogP contribution in [-0.4, -0.2) is 5.88 Å². The van der Waals surface area contributed by atoms with Crippen LogP contribution in [0.4, 0.5) is 5.69 Å². The second-order valence-corrected chi connectivity index (χ2v) is 5.35. The highest BCUT2D eigenvalue weighted by Crippen LogP contribution is 2.21. The molecule has 0 amide bonds. The predicted molar refractivity (Wildman–Crippen MR) is 77.3 cm³/mol. The van der Waals surface area contributed by atoms with Gasteiger partial charge in [-0.15, -0.1) is 11.8 Å². The van der Waals surface area contributed by atoms with Crippen molar-refractivity contribution in [2.75, 3.05) is 11.2 Å². The third kappa shape index (κ3) is 4.15. The monoisotopic (exact) mass is 283 g/mol. The second-order valence-electron chi connectivity index (χ2n) is 3.43. The van der Waals surface area contributed by atoms with Crippen molar-refractivity contribution in [1.82, 2.24) is 0 Å². The number of thioether (sulfide) groups is 1. The summed E-state index contributed by atoms with van der Waals surface area (Å²) in [6.45, 7) is 0. The first-order valence-electron chi connectivity index (χ1n) is 5.12. The van der Waals surface area contributed by atoms with Crippen molar-refractivity contribution in [3.8, 4) is 0 Å². The van der Waals surface area contributed by atoms with Crippen LogP contribution in [0.15, 0.2) is 53.4 Å². The predicted octanol–water partition coefficient (Wildman–Crippen LogP) is 5.16. The van der Waals surface area contributed by atoms with Crippen molar-refractivity contribution in [1.29, 1.82) is 0 Å². The zero-order chi connectivity index (χ0) is 12.1. The maximum Gasteiger partial charge on any atom is 0.0657 e. The molecule has 0 heterocycles. The summed E-state index contributed by atoms with van der Waals surface area (Å²) in [5, 5.41) is 4.82. The third-order valence-electron chi connectivity index (χ3n) is 2.17. The first kappa shape index (κ1) is 12.6. The van der Waals surface area contributed by atoms with Gasteiger partial charge in [0.15, 0.2) is 0 Å². The van der Waals surface area contributed by atoms with E-state index in [0.29, 0.717) is 0 Å². The van der Waals surface area contributed by atoms with Crippen LogP contribution in [0.1, 0.15) is 0 Å². The van der Waals surface area contributed by atoms with E-state index in [4.69, 9.17) is 23.2 Å². The Labute approximate surface area is 115 Å². The molecular formula is C13H11Cl2NS. The quantitative estimate of drug-likeness (QED) is 0.615. The van der Waals surface area contributed by atoms with Crippen molar-refractivity contribution in [2.24, 2.45) is 0 Å². The average Bonchev–Trinajstić information content (AvgIpc) is 2.34. The number of hydrogen-bond donors (Lipinski definition) is 1. The van der Waals surface area contributed by atoms with Crippen LogP contribution in [0, 0.1) is 0 Å². The van der Waals surface area contributed by atoms with Crippen molar-refractivity contribution in [2.45, 2.75) is 4.90 Å². The Hall–Kier alpha value is -0.830. The van der Waals surface area contributed by atoms with Gasteiger partial charge in [-0.3, -0.25) is 0 Å². The summed E-state index contributed by atoms with van der Waals surface area (Å²) < 4.78 is 0. The molecule has 0 aliphatic heterocycles. The molecule has 0 atom stereocenters. The highest BCUT2D eigenvalue weighted by Gasteiger charge is 1.95. The molecule has 0 saturated carbocycles. The summed E-state index contributed by atoms with van der Waals surface area (Å²) in [5.74, 6) is 0.809. The van der Waals surface area contributed by atoms with E-state index in [-0.39, 0.29) is 0 Å². The van der Waals surface area contributed by atoms with Gasteiger partial charge in [-0.2, -0.15) is 0 Å². The summed E-state index contributed by atoms with van der Waals surface area (Å²) in [7, 11) is 0. The molecule has 0 saturated heterocycles. The van der Waals surface area contributed by atoms with E-state index in [1.807, 2.05) is 48.5 Å². The van der Waals surface area contributed by atoms with Gasteiger partial charge in [-0.25, -0.2) is 0 Å². The molecule has 0 spiro atoms. The highest BCUT2D eigenvalue weighted by atomic mass is 35.5. The lowest BCUT2D eigenvalue weighted by Gasteiger charge is -2.06.